The maximum absolute atomic E-state index is 12.9. The fourth-order valence-electron chi connectivity index (χ4n) is 3.79. The van der Waals surface area contributed by atoms with Crippen molar-refractivity contribution in [3.8, 4) is 11.4 Å². The van der Waals surface area contributed by atoms with Gasteiger partial charge in [0, 0.05) is 19.3 Å². The fourth-order valence-corrected chi connectivity index (χ4v) is 3.79. The Morgan fingerprint density at radius 3 is 2.50 bits per heavy atom. The quantitative estimate of drug-likeness (QED) is 0.686. The highest BCUT2D eigenvalue weighted by Crippen LogP contribution is 2.30. The molecule has 1 saturated heterocycles. The zero-order valence-electron chi connectivity index (χ0n) is 16.3. The van der Waals surface area contributed by atoms with Gasteiger partial charge in [-0.05, 0) is 55.5 Å². The summed E-state index contributed by atoms with van der Waals surface area (Å²) in [5, 5.41) is 4.54. The van der Waals surface area contributed by atoms with Gasteiger partial charge in [-0.1, -0.05) is 29.8 Å². The summed E-state index contributed by atoms with van der Waals surface area (Å²) in [6, 6.07) is 15.8. The molecule has 5 heteroatoms. The van der Waals surface area contributed by atoms with E-state index >= 15 is 0 Å². The molecule has 1 aliphatic rings. The highest BCUT2D eigenvalue weighted by Gasteiger charge is 2.26. The second-order valence-corrected chi connectivity index (χ2v) is 7.32. The molecule has 0 unspecified atom stereocenters. The number of ether oxygens (including phenoxy) is 1. The van der Waals surface area contributed by atoms with E-state index in [-0.39, 0.29) is 5.91 Å². The lowest BCUT2D eigenvalue weighted by molar-refractivity contribution is 0.0709. The van der Waals surface area contributed by atoms with Crippen LogP contribution in [0.15, 0.2) is 60.9 Å². The molecule has 1 amide bonds. The lowest BCUT2D eigenvalue weighted by atomic mass is 9.91. The maximum atomic E-state index is 12.9. The molecule has 0 bridgehead atoms. The molecule has 0 radical (unpaired) electrons. The molecule has 1 aromatic heterocycles. The molecule has 2 aromatic carbocycles. The average molecular weight is 375 g/mol. The van der Waals surface area contributed by atoms with Gasteiger partial charge in [0.25, 0.3) is 5.91 Å². The van der Waals surface area contributed by atoms with Crippen LogP contribution in [0.2, 0.25) is 0 Å². The van der Waals surface area contributed by atoms with E-state index in [2.05, 4.69) is 42.5 Å². The SMILES string of the molecule is COc1ccccc1C(=O)N1CCC(c2cnn(-c3ccc(C)cc3)c2)CC1. The van der Waals surface area contributed by atoms with Gasteiger partial charge in [-0.15, -0.1) is 0 Å². The maximum Gasteiger partial charge on any atom is 0.257 e. The molecule has 1 aliphatic heterocycles. The molecular formula is C23H25N3O2. The Balaban J connectivity index is 1.42. The Kier molecular flexibility index (Phi) is 5.15. The highest BCUT2D eigenvalue weighted by atomic mass is 16.5. The second kappa shape index (κ2) is 7.89. The molecule has 3 aromatic rings. The summed E-state index contributed by atoms with van der Waals surface area (Å²) in [7, 11) is 1.60. The van der Waals surface area contributed by atoms with Crippen LogP contribution in [0.5, 0.6) is 5.75 Å². The molecular weight excluding hydrogens is 350 g/mol. The Bertz CT molecular complexity index is 954. The summed E-state index contributed by atoms with van der Waals surface area (Å²) >= 11 is 0. The first-order valence-corrected chi connectivity index (χ1v) is 9.69. The van der Waals surface area contributed by atoms with Gasteiger partial charge in [0.05, 0.1) is 24.6 Å². The fraction of sp³-hybridized carbons (Fsp3) is 0.304. The highest BCUT2D eigenvalue weighted by molar-refractivity contribution is 5.97. The molecule has 4 rings (SSSR count). The van der Waals surface area contributed by atoms with Crippen molar-refractivity contribution in [2.24, 2.45) is 0 Å². The van der Waals surface area contributed by atoms with Crippen LogP contribution in [0, 0.1) is 6.92 Å². The first-order valence-electron chi connectivity index (χ1n) is 9.69. The lowest BCUT2D eigenvalue weighted by Gasteiger charge is -2.32. The van der Waals surface area contributed by atoms with Crippen LogP contribution in [0.4, 0.5) is 0 Å². The average Bonchev–Trinajstić information content (AvgIpc) is 3.24. The van der Waals surface area contributed by atoms with Crippen LogP contribution in [0.25, 0.3) is 5.69 Å². The van der Waals surface area contributed by atoms with Gasteiger partial charge in [-0.3, -0.25) is 4.79 Å². The summed E-state index contributed by atoms with van der Waals surface area (Å²) in [5.74, 6) is 1.11. The minimum Gasteiger partial charge on any atom is -0.496 e. The number of methoxy groups -OCH3 is 1. The van der Waals surface area contributed by atoms with E-state index in [4.69, 9.17) is 4.74 Å². The van der Waals surface area contributed by atoms with Gasteiger partial charge >= 0.3 is 0 Å². The standard InChI is InChI=1S/C23H25N3O2/c1-17-7-9-20(10-8-17)26-16-19(15-24-26)18-11-13-25(14-12-18)23(27)21-5-3-4-6-22(21)28-2/h3-10,15-16,18H,11-14H2,1-2H3. The lowest BCUT2D eigenvalue weighted by Crippen LogP contribution is -2.38. The van der Waals surface area contributed by atoms with Crippen LogP contribution >= 0.6 is 0 Å². The molecule has 144 valence electrons. The third kappa shape index (κ3) is 3.65. The van der Waals surface area contributed by atoms with Crippen molar-refractivity contribution < 1.29 is 9.53 Å². The number of carbonyl (C=O) groups is 1. The molecule has 2 heterocycles. The summed E-state index contributed by atoms with van der Waals surface area (Å²) in [6.07, 6.45) is 5.97. The molecule has 0 aliphatic carbocycles. The van der Waals surface area contributed by atoms with Crippen LogP contribution < -0.4 is 4.74 Å². The number of rotatable bonds is 4. The van der Waals surface area contributed by atoms with Crippen molar-refractivity contribution in [2.75, 3.05) is 20.2 Å². The van der Waals surface area contributed by atoms with Crippen molar-refractivity contribution in [3.63, 3.8) is 0 Å². The second-order valence-electron chi connectivity index (χ2n) is 7.32. The Morgan fingerprint density at radius 2 is 1.79 bits per heavy atom. The van der Waals surface area contributed by atoms with Gasteiger partial charge in [0.2, 0.25) is 0 Å². The zero-order chi connectivity index (χ0) is 19.5. The molecule has 0 atom stereocenters. The number of para-hydroxylation sites is 1. The minimum atomic E-state index is 0.0475. The topological polar surface area (TPSA) is 47.4 Å². The number of aryl methyl sites for hydroxylation is 1. The molecule has 0 N–H and O–H groups in total. The third-order valence-electron chi connectivity index (χ3n) is 5.49. The molecule has 5 nitrogen and oxygen atoms in total. The predicted octanol–water partition coefficient (Wildman–Crippen LogP) is 4.21. The summed E-state index contributed by atoms with van der Waals surface area (Å²) in [5.41, 5.74) is 4.18. The largest absolute Gasteiger partial charge is 0.496 e. The number of benzene rings is 2. The van der Waals surface area contributed by atoms with E-state index in [0.717, 1.165) is 31.6 Å². The number of likely N-dealkylation sites (tertiary alicyclic amines) is 1. The van der Waals surface area contributed by atoms with Gasteiger partial charge in [0.15, 0.2) is 0 Å². The van der Waals surface area contributed by atoms with Gasteiger partial charge in [-0.25, -0.2) is 4.68 Å². The normalized spacial score (nSPS) is 14.9. The number of nitrogens with zero attached hydrogens (tertiary/aromatic N) is 3. The van der Waals surface area contributed by atoms with E-state index in [1.165, 1.54) is 11.1 Å². The monoisotopic (exact) mass is 375 g/mol. The van der Waals surface area contributed by atoms with Crippen LogP contribution in [-0.2, 0) is 0 Å². The van der Waals surface area contributed by atoms with E-state index in [0.29, 0.717) is 17.2 Å². The Labute approximate surface area is 165 Å². The number of hydrogen-bond acceptors (Lipinski definition) is 3. The summed E-state index contributed by atoms with van der Waals surface area (Å²) < 4.78 is 7.27. The van der Waals surface area contributed by atoms with Gasteiger partial charge in [0.1, 0.15) is 5.75 Å². The Hall–Kier alpha value is -3.08. The van der Waals surface area contributed by atoms with E-state index in [1.54, 1.807) is 7.11 Å². The molecule has 0 saturated carbocycles. The van der Waals surface area contributed by atoms with E-state index in [1.807, 2.05) is 40.0 Å². The first kappa shape index (κ1) is 18.3. The van der Waals surface area contributed by atoms with Gasteiger partial charge < -0.3 is 9.64 Å². The number of aromatic nitrogens is 2. The number of piperidine rings is 1. The van der Waals surface area contributed by atoms with Crippen LogP contribution in [-0.4, -0.2) is 40.8 Å². The number of hydrogen-bond donors (Lipinski definition) is 0. The Morgan fingerprint density at radius 1 is 1.07 bits per heavy atom. The molecule has 0 spiro atoms. The first-order chi connectivity index (χ1) is 13.7. The van der Waals surface area contributed by atoms with Crippen molar-refractivity contribution in [3.05, 3.63) is 77.6 Å². The van der Waals surface area contributed by atoms with E-state index < -0.39 is 0 Å². The summed E-state index contributed by atoms with van der Waals surface area (Å²) in [6.45, 7) is 3.58. The zero-order valence-corrected chi connectivity index (χ0v) is 16.3. The van der Waals surface area contributed by atoms with Crippen LogP contribution in [0.1, 0.15) is 40.2 Å². The predicted molar refractivity (Wildman–Crippen MR) is 109 cm³/mol. The number of carbonyl (C=O) groups excluding carboxylic acids is 1. The minimum absolute atomic E-state index is 0.0475. The molecule has 1 fully saturated rings. The van der Waals surface area contributed by atoms with Crippen molar-refractivity contribution >= 4 is 5.91 Å². The smallest absolute Gasteiger partial charge is 0.257 e. The molecule has 28 heavy (non-hydrogen) atoms. The van der Waals surface area contributed by atoms with E-state index in [9.17, 15) is 4.79 Å². The van der Waals surface area contributed by atoms with Crippen molar-refractivity contribution in [2.45, 2.75) is 25.7 Å². The third-order valence-corrected chi connectivity index (χ3v) is 5.49. The van der Waals surface area contributed by atoms with Crippen molar-refractivity contribution in [1.29, 1.82) is 0 Å². The van der Waals surface area contributed by atoms with Gasteiger partial charge in [-0.2, -0.15) is 5.10 Å². The summed E-state index contributed by atoms with van der Waals surface area (Å²) in [4.78, 5) is 14.8. The number of amides is 1. The van der Waals surface area contributed by atoms with Crippen LogP contribution in [0.3, 0.4) is 0 Å². The van der Waals surface area contributed by atoms with Crippen molar-refractivity contribution in [1.82, 2.24) is 14.7 Å².